The molecule has 2 rings (SSSR count). The molecule has 2 heterocycles. The summed E-state index contributed by atoms with van der Waals surface area (Å²) in [5.41, 5.74) is 0. The van der Waals surface area contributed by atoms with Gasteiger partial charge in [0.05, 0.1) is 4.88 Å². The number of rotatable bonds is 2. The Hall–Kier alpha value is -1.11. The van der Waals surface area contributed by atoms with Gasteiger partial charge in [-0.25, -0.2) is 4.79 Å². The van der Waals surface area contributed by atoms with E-state index in [4.69, 9.17) is 5.11 Å². The highest BCUT2D eigenvalue weighted by Gasteiger charge is 2.32. The lowest BCUT2D eigenvalue weighted by molar-refractivity contribution is -0.142. The lowest BCUT2D eigenvalue weighted by Gasteiger charge is -2.33. The maximum Gasteiger partial charge on any atom is 0.327 e. The molecule has 1 aromatic heterocycles. The van der Waals surface area contributed by atoms with E-state index < -0.39 is 12.0 Å². The predicted molar refractivity (Wildman–Crippen MR) is 66.9 cm³/mol. The minimum atomic E-state index is -0.961. The van der Waals surface area contributed by atoms with Crippen molar-refractivity contribution in [1.82, 2.24) is 10.2 Å². The normalized spacial score (nSPS) is 19.5. The number of carbonyl (C=O) groups excluding carboxylic acids is 1. The first-order chi connectivity index (χ1) is 7.70. The number of carbonyl (C=O) groups is 2. The van der Waals surface area contributed by atoms with Crippen LogP contribution in [0.4, 0.5) is 0 Å². The number of aliphatic carboxylic acids is 1. The molecule has 0 aromatic carbocycles. The molecule has 0 saturated carbocycles. The van der Waals surface area contributed by atoms with Crippen molar-refractivity contribution >= 4 is 35.6 Å². The standard InChI is InChI=1S/C10H12N2O3S.ClH/c13-9(8-2-1-5-16-8)12-4-3-11-6-7(12)10(14)15;/h1-2,5,7,11H,3-4,6H2,(H,14,15);1H. The lowest BCUT2D eigenvalue weighted by atomic mass is 10.2. The van der Waals surface area contributed by atoms with Crippen LogP contribution in [0.3, 0.4) is 0 Å². The monoisotopic (exact) mass is 276 g/mol. The molecule has 1 aromatic rings. The highest BCUT2D eigenvalue weighted by molar-refractivity contribution is 7.12. The molecule has 0 aliphatic carbocycles. The Balaban J connectivity index is 0.00000144. The van der Waals surface area contributed by atoms with E-state index >= 15 is 0 Å². The molecule has 5 nitrogen and oxygen atoms in total. The van der Waals surface area contributed by atoms with E-state index in [9.17, 15) is 9.59 Å². The predicted octanol–water partition coefficient (Wildman–Crippen LogP) is 0.668. The van der Waals surface area contributed by atoms with E-state index in [2.05, 4.69) is 5.32 Å². The van der Waals surface area contributed by atoms with Crippen molar-refractivity contribution in [3.8, 4) is 0 Å². The summed E-state index contributed by atoms with van der Waals surface area (Å²) in [5, 5.41) is 13.8. The van der Waals surface area contributed by atoms with Gasteiger partial charge in [0.25, 0.3) is 5.91 Å². The first kappa shape index (κ1) is 14.0. The van der Waals surface area contributed by atoms with Crippen LogP contribution < -0.4 is 5.32 Å². The number of nitrogens with one attached hydrogen (secondary N) is 1. The zero-order valence-electron chi connectivity index (χ0n) is 8.96. The van der Waals surface area contributed by atoms with E-state index in [-0.39, 0.29) is 18.3 Å². The van der Waals surface area contributed by atoms with Crippen molar-refractivity contribution in [3.05, 3.63) is 22.4 Å². The van der Waals surface area contributed by atoms with Gasteiger partial charge in [-0.3, -0.25) is 4.79 Å². The van der Waals surface area contributed by atoms with Gasteiger partial charge in [0, 0.05) is 19.6 Å². The Morgan fingerprint density at radius 1 is 1.53 bits per heavy atom. The molecule has 0 radical (unpaired) electrons. The van der Waals surface area contributed by atoms with Crippen LogP contribution in [-0.2, 0) is 4.79 Å². The summed E-state index contributed by atoms with van der Waals surface area (Å²) in [5.74, 6) is -1.15. The molecule has 1 unspecified atom stereocenters. The Kier molecular flexibility index (Phi) is 4.92. The fourth-order valence-electron chi connectivity index (χ4n) is 1.71. The smallest absolute Gasteiger partial charge is 0.327 e. The molecular weight excluding hydrogens is 264 g/mol. The van der Waals surface area contributed by atoms with Crippen LogP contribution in [0.2, 0.25) is 0 Å². The molecule has 1 saturated heterocycles. The van der Waals surface area contributed by atoms with Gasteiger partial charge in [-0.15, -0.1) is 23.7 Å². The number of thiophene rings is 1. The third kappa shape index (κ3) is 2.96. The Morgan fingerprint density at radius 2 is 2.29 bits per heavy atom. The minimum absolute atomic E-state index is 0. The average Bonchev–Trinajstić information content (AvgIpc) is 2.81. The maximum atomic E-state index is 12.0. The number of carboxylic acid groups (broad SMARTS) is 1. The van der Waals surface area contributed by atoms with E-state index in [0.29, 0.717) is 24.5 Å². The van der Waals surface area contributed by atoms with Gasteiger partial charge in [-0.05, 0) is 11.4 Å². The van der Waals surface area contributed by atoms with Gasteiger partial charge in [0.15, 0.2) is 0 Å². The number of hydrogen-bond acceptors (Lipinski definition) is 4. The van der Waals surface area contributed by atoms with E-state index in [1.807, 2.05) is 5.38 Å². The number of hydrogen-bond donors (Lipinski definition) is 2. The summed E-state index contributed by atoms with van der Waals surface area (Å²) in [7, 11) is 0. The van der Waals surface area contributed by atoms with Crippen LogP contribution >= 0.6 is 23.7 Å². The molecule has 0 spiro atoms. The van der Waals surface area contributed by atoms with Crippen LogP contribution in [0, 0.1) is 0 Å². The van der Waals surface area contributed by atoms with Crippen LogP contribution in [-0.4, -0.2) is 47.6 Å². The molecule has 94 valence electrons. The summed E-state index contributed by atoms with van der Waals surface area (Å²) < 4.78 is 0. The zero-order valence-corrected chi connectivity index (χ0v) is 10.6. The van der Waals surface area contributed by atoms with Crippen LogP contribution in [0.15, 0.2) is 17.5 Å². The Morgan fingerprint density at radius 3 is 2.88 bits per heavy atom. The molecule has 1 aliphatic rings. The first-order valence-corrected chi connectivity index (χ1v) is 5.86. The van der Waals surface area contributed by atoms with Gasteiger partial charge in [-0.2, -0.15) is 0 Å². The maximum absolute atomic E-state index is 12.0. The Labute approximate surface area is 109 Å². The second-order valence-electron chi connectivity index (χ2n) is 3.53. The van der Waals surface area contributed by atoms with Crippen LogP contribution in [0.5, 0.6) is 0 Å². The molecule has 7 heteroatoms. The van der Waals surface area contributed by atoms with Gasteiger partial charge >= 0.3 is 5.97 Å². The first-order valence-electron chi connectivity index (χ1n) is 4.98. The fraction of sp³-hybridized carbons (Fsp3) is 0.400. The van der Waals surface area contributed by atoms with Crippen LogP contribution in [0.25, 0.3) is 0 Å². The van der Waals surface area contributed by atoms with Crippen molar-refractivity contribution in [2.75, 3.05) is 19.6 Å². The van der Waals surface area contributed by atoms with Gasteiger partial charge in [-0.1, -0.05) is 6.07 Å². The van der Waals surface area contributed by atoms with E-state index in [1.165, 1.54) is 16.2 Å². The third-order valence-electron chi connectivity index (χ3n) is 2.52. The van der Waals surface area contributed by atoms with Crippen molar-refractivity contribution in [3.63, 3.8) is 0 Å². The van der Waals surface area contributed by atoms with Crippen LogP contribution in [0.1, 0.15) is 9.67 Å². The molecule has 1 fully saturated rings. The second kappa shape index (κ2) is 6.00. The number of halogens is 1. The number of nitrogens with zero attached hydrogens (tertiary/aromatic N) is 1. The molecule has 0 bridgehead atoms. The molecule has 1 aliphatic heterocycles. The third-order valence-corrected chi connectivity index (χ3v) is 3.38. The summed E-state index contributed by atoms with van der Waals surface area (Å²) in [6, 6.07) is 2.74. The number of carboxylic acids is 1. The topological polar surface area (TPSA) is 69.6 Å². The fourth-order valence-corrected chi connectivity index (χ4v) is 2.39. The van der Waals surface area contributed by atoms with Crippen molar-refractivity contribution in [1.29, 1.82) is 0 Å². The van der Waals surface area contributed by atoms with Gasteiger partial charge in [0.2, 0.25) is 0 Å². The minimum Gasteiger partial charge on any atom is -0.480 e. The highest BCUT2D eigenvalue weighted by Crippen LogP contribution is 2.15. The summed E-state index contributed by atoms with van der Waals surface area (Å²) in [6.45, 7) is 1.39. The molecule has 17 heavy (non-hydrogen) atoms. The van der Waals surface area contributed by atoms with Crippen molar-refractivity contribution in [2.45, 2.75) is 6.04 Å². The zero-order chi connectivity index (χ0) is 11.5. The summed E-state index contributed by atoms with van der Waals surface area (Å²) >= 11 is 1.33. The molecular formula is C10H13ClN2O3S. The second-order valence-corrected chi connectivity index (χ2v) is 4.48. The molecule has 1 amide bonds. The largest absolute Gasteiger partial charge is 0.480 e. The SMILES string of the molecule is Cl.O=C(O)C1CNCCN1C(=O)c1cccs1. The van der Waals surface area contributed by atoms with Gasteiger partial charge in [0.1, 0.15) is 6.04 Å². The van der Waals surface area contributed by atoms with E-state index in [0.717, 1.165) is 0 Å². The molecule has 1 atom stereocenters. The molecule has 2 N–H and O–H groups in total. The van der Waals surface area contributed by atoms with E-state index in [1.54, 1.807) is 12.1 Å². The van der Waals surface area contributed by atoms with Crippen molar-refractivity contribution in [2.24, 2.45) is 0 Å². The quantitative estimate of drug-likeness (QED) is 0.833. The number of piperazine rings is 1. The van der Waals surface area contributed by atoms with Crippen molar-refractivity contribution < 1.29 is 14.7 Å². The summed E-state index contributed by atoms with van der Waals surface area (Å²) in [6.07, 6.45) is 0. The summed E-state index contributed by atoms with van der Waals surface area (Å²) in [4.78, 5) is 25.0. The average molecular weight is 277 g/mol. The van der Waals surface area contributed by atoms with Gasteiger partial charge < -0.3 is 15.3 Å². The number of amides is 1. The highest BCUT2D eigenvalue weighted by atomic mass is 35.5. The lowest BCUT2D eigenvalue weighted by Crippen LogP contribution is -2.56. The Bertz CT molecular complexity index is 396.